The first-order valence-corrected chi connectivity index (χ1v) is 6.88. The summed E-state index contributed by atoms with van der Waals surface area (Å²) in [6.07, 6.45) is 0. The van der Waals surface area contributed by atoms with Crippen LogP contribution in [0.15, 0.2) is 29.6 Å². The van der Waals surface area contributed by atoms with Gasteiger partial charge >= 0.3 is 12.0 Å². The zero-order valence-corrected chi connectivity index (χ0v) is 12.0. The summed E-state index contributed by atoms with van der Waals surface area (Å²) in [7, 11) is 0. The van der Waals surface area contributed by atoms with Crippen molar-refractivity contribution in [1.82, 2.24) is 0 Å². The van der Waals surface area contributed by atoms with E-state index in [1.807, 2.05) is 13.0 Å². The number of carboxylic acids is 1. The number of hydrogen-bond acceptors (Lipinski definition) is 3. The number of aromatic carboxylic acids is 1. The van der Waals surface area contributed by atoms with Crippen molar-refractivity contribution in [3.63, 3.8) is 0 Å². The van der Waals surface area contributed by atoms with Crippen molar-refractivity contribution < 1.29 is 14.7 Å². The van der Waals surface area contributed by atoms with Gasteiger partial charge < -0.3 is 10.4 Å². The minimum atomic E-state index is -1.09. The highest BCUT2D eigenvalue weighted by atomic mass is 35.5. The molecule has 2 rings (SSSR count). The predicted octanol–water partition coefficient (Wildman–Crippen LogP) is 4.05. The van der Waals surface area contributed by atoms with Crippen LogP contribution in [-0.2, 0) is 0 Å². The van der Waals surface area contributed by atoms with Crippen LogP contribution in [0.3, 0.4) is 0 Å². The monoisotopic (exact) mass is 310 g/mol. The van der Waals surface area contributed by atoms with Gasteiger partial charge in [0, 0.05) is 0 Å². The molecule has 7 heteroatoms. The maximum Gasteiger partial charge on any atom is 0.338 e. The second-order valence-electron chi connectivity index (χ2n) is 3.98. The average Bonchev–Trinajstić information content (AvgIpc) is 2.82. The number of rotatable bonds is 3. The number of nitrogens with one attached hydrogen (secondary N) is 2. The summed E-state index contributed by atoms with van der Waals surface area (Å²) in [5.41, 5.74) is 1.37. The molecule has 0 atom stereocenters. The van der Waals surface area contributed by atoms with Crippen LogP contribution in [-0.4, -0.2) is 17.1 Å². The van der Waals surface area contributed by atoms with Crippen molar-refractivity contribution in [2.75, 3.05) is 10.6 Å². The molecule has 5 nitrogen and oxygen atoms in total. The SMILES string of the molecule is Cc1cccc(Cl)c1NC(=O)Nc1sccc1C(=O)O. The van der Waals surface area contributed by atoms with Gasteiger partial charge in [-0.15, -0.1) is 11.3 Å². The molecule has 1 aromatic carbocycles. The molecule has 20 heavy (non-hydrogen) atoms. The van der Waals surface area contributed by atoms with E-state index in [1.54, 1.807) is 17.5 Å². The Bertz CT molecular complexity index is 649. The number of carbonyl (C=O) groups is 2. The number of para-hydroxylation sites is 1. The fourth-order valence-electron chi connectivity index (χ4n) is 1.61. The van der Waals surface area contributed by atoms with E-state index in [9.17, 15) is 9.59 Å². The van der Waals surface area contributed by atoms with Crippen molar-refractivity contribution in [1.29, 1.82) is 0 Å². The van der Waals surface area contributed by atoms with Gasteiger partial charge in [0.2, 0.25) is 0 Å². The van der Waals surface area contributed by atoms with Crippen molar-refractivity contribution in [2.45, 2.75) is 6.92 Å². The molecule has 2 amide bonds. The molecule has 0 aliphatic heterocycles. The van der Waals surface area contributed by atoms with Crippen LogP contribution in [0.4, 0.5) is 15.5 Å². The van der Waals surface area contributed by atoms with Crippen LogP contribution >= 0.6 is 22.9 Å². The summed E-state index contributed by atoms with van der Waals surface area (Å²) in [6, 6.07) is 6.16. The molecule has 0 unspecified atom stereocenters. The van der Waals surface area contributed by atoms with E-state index in [-0.39, 0.29) is 10.6 Å². The molecule has 3 N–H and O–H groups in total. The third kappa shape index (κ3) is 3.09. The second-order valence-corrected chi connectivity index (χ2v) is 5.30. The molecule has 0 bridgehead atoms. The Morgan fingerprint density at radius 3 is 2.65 bits per heavy atom. The molecule has 0 radical (unpaired) electrons. The number of anilines is 2. The number of benzene rings is 1. The summed E-state index contributed by atoms with van der Waals surface area (Å²) in [5.74, 6) is -1.09. The van der Waals surface area contributed by atoms with Crippen molar-refractivity contribution in [2.24, 2.45) is 0 Å². The van der Waals surface area contributed by atoms with Crippen LogP contribution in [0.5, 0.6) is 0 Å². The Morgan fingerprint density at radius 1 is 1.25 bits per heavy atom. The summed E-state index contributed by atoms with van der Waals surface area (Å²) in [6.45, 7) is 1.81. The number of halogens is 1. The van der Waals surface area contributed by atoms with E-state index in [2.05, 4.69) is 10.6 Å². The van der Waals surface area contributed by atoms with Gasteiger partial charge in [0.15, 0.2) is 0 Å². The third-order valence-electron chi connectivity index (χ3n) is 2.58. The van der Waals surface area contributed by atoms with Gasteiger partial charge in [-0.2, -0.15) is 0 Å². The lowest BCUT2D eigenvalue weighted by atomic mass is 10.2. The Morgan fingerprint density at radius 2 is 2.00 bits per heavy atom. The Kier molecular flexibility index (Phi) is 4.26. The number of amides is 2. The van der Waals surface area contributed by atoms with Crippen molar-refractivity contribution in [3.8, 4) is 0 Å². The van der Waals surface area contributed by atoms with E-state index < -0.39 is 12.0 Å². The zero-order chi connectivity index (χ0) is 14.7. The van der Waals surface area contributed by atoms with Gasteiger partial charge in [-0.25, -0.2) is 9.59 Å². The fraction of sp³-hybridized carbons (Fsp3) is 0.0769. The lowest BCUT2D eigenvalue weighted by molar-refractivity contribution is 0.0698. The first kappa shape index (κ1) is 14.4. The fourth-order valence-corrected chi connectivity index (χ4v) is 2.66. The van der Waals surface area contributed by atoms with Crippen molar-refractivity contribution in [3.05, 3.63) is 45.8 Å². The van der Waals surface area contributed by atoms with E-state index in [0.717, 1.165) is 16.9 Å². The Labute approximate surface area is 124 Å². The summed E-state index contributed by atoms with van der Waals surface area (Å²) < 4.78 is 0. The standard InChI is InChI=1S/C13H11ClN2O3S/c1-7-3-2-4-9(14)10(7)15-13(19)16-11-8(12(17)18)5-6-20-11/h2-6H,1H3,(H,17,18)(H2,15,16,19). The highest BCUT2D eigenvalue weighted by Gasteiger charge is 2.15. The topological polar surface area (TPSA) is 78.4 Å². The summed E-state index contributed by atoms with van der Waals surface area (Å²) in [5, 5.41) is 16.4. The van der Waals surface area contributed by atoms with Gasteiger partial charge in [-0.1, -0.05) is 23.7 Å². The first-order valence-electron chi connectivity index (χ1n) is 5.63. The van der Waals surface area contributed by atoms with Crippen LogP contribution < -0.4 is 10.6 Å². The highest BCUT2D eigenvalue weighted by molar-refractivity contribution is 7.14. The van der Waals surface area contributed by atoms with E-state index in [4.69, 9.17) is 16.7 Å². The third-order valence-corrected chi connectivity index (χ3v) is 3.73. The lowest BCUT2D eigenvalue weighted by Gasteiger charge is -2.11. The average molecular weight is 311 g/mol. The quantitative estimate of drug-likeness (QED) is 0.800. The maximum absolute atomic E-state index is 11.9. The molecule has 104 valence electrons. The van der Waals surface area contributed by atoms with E-state index in [0.29, 0.717) is 10.7 Å². The Hall–Kier alpha value is -2.05. The molecule has 0 spiro atoms. The van der Waals surface area contributed by atoms with Crippen LogP contribution in [0, 0.1) is 6.92 Å². The van der Waals surface area contributed by atoms with Gasteiger partial charge in [0.25, 0.3) is 0 Å². The molecule has 0 saturated carbocycles. The minimum Gasteiger partial charge on any atom is -0.478 e. The summed E-state index contributed by atoms with van der Waals surface area (Å²) in [4.78, 5) is 22.8. The van der Waals surface area contributed by atoms with E-state index >= 15 is 0 Å². The normalized spacial score (nSPS) is 10.1. The van der Waals surface area contributed by atoms with Crippen LogP contribution in [0.2, 0.25) is 5.02 Å². The number of aryl methyl sites for hydroxylation is 1. The summed E-state index contributed by atoms with van der Waals surface area (Å²) >= 11 is 7.14. The first-order chi connectivity index (χ1) is 9.49. The van der Waals surface area contributed by atoms with Gasteiger partial charge in [-0.05, 0) is 30.0 Å². The number of hydrogen-bond donors (Lipinski definition) is 3. The van der Waals surface area contributed by atoms with Crippen molar-refractivity contribution >= 4 is 45.6 Å². The van der Waals surface area contributed by atoms with E-state index in [1.165, 1.54) is 6.07 Å². The highest BCUT2D eigenvalue weighted by Crippen LogP contribution is 2.27. The molecule has 1 heterocycles. The predicted molar refractivity (Wildman–Crippen MR) is 80.1 cm³/mol. The maximum atomic E-state index is 11.9. The van der Waals surface area contributed by atoms with Gasteiger partial charge in [0.05, 0.1) is 16.3 Å². The van der Waals surface area contributed by atoms with Crippen LogP contribution in [0.25, 0.3) is 0 Å². The largest absolute Gasteiger partial charge is 0.478 e. The zero-order valence-electron chi connectivity index (χ0n) is 10.4. The molecule has 1 aromatic heterocycles. The molecular weight excluding hydrogens is 300 g/mol. The molecule has 2 aromatic rings. The number of carbonyl (C=O) groups excluding carboxylic acids is 1. The van der Waals surface area contributed by atoms with Gasteiger partial charge in [0.1, 0.15) is 5.00 Å². The molecule has 0 aliphatic carbocycles. The second kappa shape index (κ2) is 5.94. The Balaban J connectivity index is 2.14. The molecule has 0 aliphatic rings. The van der Waals surface area contributed by atoms with Gasteiger partial charge in [-0.3, -0.25) is 5.32 Å². The smallest absolute Gasteiger partial charge is 0.338 e. The number of thiophene rings is 1. The lowest BCUT2D eigenvalue weighted by Crippen LogP contribution is -2.20. The number of urea groups is 1. The molecule has 0 fully saturated rings. The van der Waals surface area contributed by atoms with Crippen LogP contribution in [0.1, 0.15) is 15.9 Å². The molecular formula is C13H11ClN2O3S. The number of carboxylic acid groups (broad SMARTS) is 1. The molecule has 0 saturated heterocycles. The minimum absolute atomic E-state index is 0.0565.